The molecule has 2 fully saturated rings. The standard InChI is InChI=1S/C20H18O/c1-19-17-12-8-4-3-7-11(12)16-15(17)13-9-5-6-10-14(13)20(19,21-2)18(16)19/h3-10,15-18H,1-2H3. The second-order valence-electron chi connectivity index (χ2n) is 7.45. The Labute approximate surface area is 124 Å². The molecule has 5 aliphatic rings. The summed E-state index contributed by atoms with van der Waals surface area (Å²) in [4.78, 5) is 0. The zero-order chi connectivity index (χ0) is 14.0. The molecule has 0 N–H and O–H groups in total. The molecule has 0 aromatic heterocycles. The third-order valence-electron chi connectivity index (χ3n) is 7.28. The van der Waals surface area contributed by atoms with Gasteiger partial charge >= 0.3 is 0 Å². The van der Waals surface area contributed by atoms with Gasteiger partial charge in [0.25, 0.3) is 0 Å². The fourth-order valence-electron chi connectivity index (χ4n) is 6.88. The average molecular weight is 274 g/mol. The van der Waals surface area contributed by atoms with Crippen LogP contribution in [0.2, 0.25) is 0 Å². The molecule has 0 aliphatic heterocycles. The van der Waals surface area contributed by atoms with Crippen LogP contribution in [0.15, 0.2) is 48.5 Å². The lowest BCUT2D eigenvalue weighted by Crippen LogP contribution is -2.34. The number of benzene rings is 2. The molecule has 21 heavy (non-hydrogen) atoms. The van der Waals surface area contributed by atoms with Crippen molar-refractivity contribution in [2.24, 2.45) is 11.3 Å². The number of hydrogen-bond acceptors (Lipinski definition) is 1. The summed E-state index contributed by atoms with van der Waals surface area (Å²) in [6.07, 6.45) is 0. The van der Waals surface area contributed by atoms with Crippen molar-refractivity contribution in [1.29, 1.82) is 0 Å². The summed E-state index contributed by atoms with van der Waals surface area (Å²) in [5, 5.41) is 0. The molecular formula is C20H18O. The number of hydrogen-bond donors (Lipinski definition) is 0. The molecule has 1 heteroatoms. The Balaban J connectivity index is 1.74. The van der Waals surface area contributed by atoms with Crippen molar-refractivity contribution in [1.82, 2.24) is 0 Å². The van der Waals surface area contributed by atoms with Crippen molar-refractivity contribution in [2.45, 2.75) is 30.3 Å². The Bertz CT molecular complexity index is 809. The topological polar surface area (TPSA) is 9.23 Å². The van der Waals surface area contributed by atoms with E-state index in [-0.39, 0.29) is 5.60 Å². The highest BCUT2D eigenvalue weighted by molar-refractivity contribution is 5.66. The minimum Gasteiger partial charge on any atom is -0.373 e. The van der Waals surface area contributed by atoms with E-state index in [1.165, 1.54) is 5.56 Å². The predicted molar refractivity (Wildman–Crippen MR) is 81.4 cm³/mol. The first-order chi connectivity index (χ1) is 10.3. The molecule has 2 aromatic carbocycles. The molecule has 6 unspecified atom stereocenters. The van der Waals surface area contributed by atoms with Crippen molar-refractivity contribution in [3.63, 3.8) is 0 Å². The molecular weight excluding hydrogens is 256 g/mol. The monoisotopic (exact) mass is 274 g/mol. The van der Waals surface area contributed by atoms with Crippen LogP contribution in [0.5, 0.6) is 0 Å². The quantitative estimate of drug-likeness (QED) is 0.759. The first-order valence-corrected chi connectivity index (χ1v) is 8.00. The molecule has 2 aromatic rings. The van der Waals surface area contributed by atoms with Gasteiger partial charge in [-0.2, -0.15) is 0 Å². The zero-order valence-corrected chi connectivity index (χ0v) is 12.3. The van der Waals surface area contributed by atoms with Gasteiger partial charge in [0.05, 0.1) is 0 Å². The fourth-order valence-corrected chi connectivity index (χ4v) is 6.88. The molecule has 104 valence electrons. The van der Waals surface area contributed by atoms with Crippen LogP contribution in [0.25, 0.3) is 0 Å². The molecule has 1 nitrogen and oxygen atoms in total. The van der Waals surface area contributed by atoms with Gasteiger partial charge in [-0.05, 0) is 34.1 Å². The van der Waals surface area contributed by atoms with E-state index < -0.39 is 0 Å². The van der Waals surface area contributed by atoms with Gasteiger partial charge < -0.3 is 4.74 Å². The van der Waals surface area contributed by atoms with Gasteiger partial charge in [0.1, 0.15) is 5.60 Å². The van der Waals surface area contributed by atoms with Crippen molar-refractivity contribution in [3.05, 3.63) is 70.8 Å². The van der Waals surface area contributed by atoms with E-state index in [0.717, 1.165) is 0 Å². The van der Waals surface area contributed by atoms with Gasteiger partial charge in [0.15, 0.2) is 0 Å². The summed E-state index contributed by atoms with van der Waals surface area (Å²) >= 11 is 0. The molecule has 0 amide bonds. The Kier molecular flexibility index (Phi) is 1.55. The summed E-state index contributed by atoms with van der Waals surface area (Å²) in [7, 11) is 1.92. The van der Waals surface area contributed by atoms with Crippen LogP contribution < -0.4 is 0 Å². The minimum atomic E-state index is -0.0350. The highest BCUT2D eigenvalue weighted by Crippen LogP contribution is 2.93. The summed E-state index contributed by atoms with van der Waals surface area (Å²) in [6, 6.07) is 18.2. The predicted octanol–water partition coefficient (Wildman–Crippen LogP) is 4.16. The van der Waals surface area contributed by atoms with Gasteiger partial charge in [-0.3, -0.25) is 0 Å². The summed E-state index contributed by atoms with van der Waals surface area (Å²) in [6.45, 7) is 2.48. The first kappa shape index (κ1) is 11.0. The van der Waals surface area contributed by atoms with Crippen LogP contribution in [-0.4, -0.2) is 7.11 Å². The van der Waals surface area contributed by atoms with Crippen molar-refractivity contribution < 1.29 is 4.74 Å². The van der Waals surface area contributed by atoms with Crippen molar-refractivity contribution in [3.8, 4) is 0 Å². The largest absolute Gasteiger partial charge is 0.373 e. The highest BCUT2D eigenvalue weighted by Gasteiger charge is 2.90. The SMILES string of the molecule is COC12c3ccccc3C3C4c5ccccc5C3C1(C)C42. The Morgan fingerprint density at radius 3 is 2.29 bits per heavy atom. The van der Waals surface area contributed by atoms with Crippen LogP contribution in [-0.2, 0) is 10.3 Å². The van der Waals surface area contributed by atoms with E-state index in [9.17, 15) is 0 Å². The van der Waals surface area contributed by atoms with Gasteiger partial charge in [-0.1, -0.05) is 55.5 Å². The Morgan fingerprint density at radius 1 is 0.857 bits per heavy atom. The van der Waals surface area contributed by atoms with Gasteiger partial charge in [-0.15, -0.1) is 0 Å². The average Bonchev–Trinajstić information content (AvgIpc) is 2.84. The van der Waals surface area contributed by atoms with E-state index >= 15 is 0 Å². The Morgan fingerprint density at radius 2 is 1.52 bits per heavy atom. The van der Waals surface area contributed by atoms with Crippen LogP contribution in [0.1, 0.15) is 46.9 Å². The van der Waals surface area contributed by atoms with Crippen LogP contribution >= 0.6 is 0 Å². The number of fused-ring (bicyclic) bond motifs is 1. The van der Waals surface area contributed by atoms with E-state index in [1.54, 1.807) is 16.7 Å². The Hall–Kier alpha value is -1.60. The third-order valence-corrected chi connectivity index (χ3v) is 7.28. The van der Waals surface area contributed by atoms with Gasteiger partial charge in [0.2, 0.25) is 0 Å². The maximum atomic E-state index is 6.24. The van der Waals surface area contributed by atoms with Gasteiger partial charge in [0, 0.05) is 24.4 Å². The zero-order valence-electron chi connectivity index (χ0n) is 12.3. The first-order valence-electron chi connectivity index (χ1n) is 8.00. The smallest absolute Gasteiger partial charge is 0.103 e. The van der Waals surface area contributed by atoms with Crippen LogP contribution in [0, 0.1) is 11.3 Å². The number of methoxy groups -OCH3 is 1. The molecule has 7 rings (SSSR count). The molecule has 0 heterocycles. The second-order valence-corrected chi connectivity index (χ2v) is 7.45. The van der Waals surface area contributed by atoms with Crippen LogP contribution in [0.4, 0.5) is 0 Å². The fraction of sp³-hybridized carbons (Fsp3) is 0.400. The second kappa shape index (κ2) is 2.96. The third kappa shape index (κ3) is 0.805. The van der Waals surface area contributed by atoms with E-state index in [2.05, 4.69) is 55.5 Å². The summed E-state index contributed by atoms with van der Waals surface area (Å²) in [5.41, 5.74) is 6.50. The lowest BCUT2D eigenvalue weighted by atomic mass is 9.67. The molecule has 6 atom stereocenters. The van der Waals surface area contributed by atoms with E-state index in [1.807, 2.05) is 7.11 Å². The maximum Gasteiger partial charge on any atom is 0.103 e. The van der Waals surface area contributed by atoms with E-state index in [4.69, 9.17) is 4.74 Å². The van der Waals surface area contributed by atoms with Crippen molar-refractivity contribution >= 4 is 0 Å². The molecule has 0 saturated heterocycles. The van der Waals surface area contributed by atoms with Crippen LogP contribution in [0.3, 0.4) is 0 Å². The number of rotatable bonds is 1. The molecule has 2 saturated carbocycles. The molecule has 0 spiro atoms. The van der Waals surface area contributed by atoms with Gasteiger partial charge in [-0.25, -0.2) is 0 Å². The lowest BCUT2D eigenvalue weighted by molar-refractivity contribution is 0.00606. The molecule has 5 aliphatic carbocycles. The number of ether oxygens (including phenoxy) is 1. The normalized spacial score (nSPS) is 46.2. The van der Waals surface area contributed by atoms with E-state index in [0.29, 0.717) is 29.1 Å². The lowest BCUT2D eigenvalue weighted by Gasteiger charge is -2.40. The molecule has 6 bridgehead atoms. The minimum absolute atomic E-state index is 0.0350. The summed E-state index contributed by atoms with van der Waals surface area (Å²) in [5.74, 6) is 2.69. The van der Waals surface area contributed by atoms with Crippen molar-refractivity contribution in [2.75, 3.05) is 7.11 Å². The summed E-state index contributed by atoms with van der Waals surface area (Å²) < 4.78 is 6.24. The molecule has 0 radical (unpaired) electrons. The maximum absolute atomic E-state index is 6.24. The highest BCUT2D eigenvalue weighted by atomic mass is 16.5.